The van der Waals surface area contributed by atoms with Gasteiger partial charge in [0, 0.05) is 36.5 Å². The molecule has 0 spiro atoms. The molecule has 170 valence electrons. The molecule has 1 aliphatic heterocycles. The largest absolute Gasteiger partial charge is 0.507 e. The fourth-order valence-electron chi connectivity index (χ4n) is 3.81. The second-order valence-corrected chi connectivity index (χ2v) is 7.68. The molecule has 2 N–H and O–H groups in total. The van der Waals surface area contributed by atoms with Gasteiger partial charge in [0.25, 0.3) is 11.8 Å². The van der Waals surface area contributed by atoms with Gasteiger partial charge < -0.3 is 20.1 Å². The van der Waals surface area contributed by atoms with Crippen LogP contribution in [0.15, 0.2) is 54.6 Å². The zero-order valence-electron chi connectivity index (χ0n) is 17.9. The van der Waals surface area contributed by atoms with Gasteiger partial charge in [0.15, 0.2) is 0 Å². The van der Waals surface area contributed by atoms with E-state index in [1.165, 1.54) is 18.2 Å². The number of nitrogens with zero attached hydrogens (tertiary/aromatic N) is 1. The number of phenols is 1. The third-order valence-corrected chi connectivity index (χ3v) is 5.40. The molecule has 8 heteroatoms. The van der Waals surface area contributed by atoms with Crippen LogP contribution >= 0.6 is 0 Å². The maximum atomic E-state index is 13.4. The van der Waals surface area contributed by atoms with E-state index in [-0.39, 0.29) is 28.5 Å². The van der Waals surface area contributed by atoms with Crippen molar-refractivity contribution in [2.45, 2.75) is 19.9 Å². The summed E-state index contributed by atoms with van der Waals surface area (Å²) in [6.45, 7) is 3.34. The Morgan fingerprint density at radius 3 is 2.48 bits per heavy atom. The van der Waals surface area contributed by atoms with E-state index in [1.54, 1.807) is 4.90 Å². The van der Waals surface area contributed by atoms with Gasteiger partial charge in [0.1, 0.15) is 23.1 Å². The first-order valence-electron chi connectivity index (χ1n) is 10.5. The predicted octanol–water partition coefficient (Wildman–Crippen LogP) is 4.52. The summed E-state index contributed by atoms with van der Waals surface area (Å²) in [5.41, 5.74) is 2.22. The second kappa shape index (κ2) is 9.28. The summed E-state index contributed by atoms with van der Waals surface area (Å²) in [4.78, 5) is 27.0. The van der Waals surface area contributed by atoms with Gasteiger partial charge >= 0.3 is 0 Å². The van der Waals surface area contributed by atoms with Gasteiger partial charge in [-0.2, -0.15) is 0 Å². The Morgan fingerprint density at radius 1 is 1.03 bits per heavy atom. The van der Waals surface area contributed by atoms with Crippen molar-refractivity contribution in [3.05, 3.63) is 88.5 Å². The number of amides is 2. The van der Waals surface area contributed by atoms with Gasteiger partial charge in [-0.25, -0.2) is 8.78 Å². The number of hydrogen-bond acceptors (Lipinski definition) is 4. The molecule has 33 heavy (non-hydrogen) atoms. The van der Waals surface area contributed by atoms with Crippen molar-refractivity contribution in [2.24, 2.45) is 0 Å². The zero-order valence-corrected chi connectivity index (χ0v) is 17.9. The second-order valence-electron chi connectivity index (χ2n) is 7.68. The van der Waals surface area contributed by atoms with Crippen LogP contribution in [0.5, 0.6) is 11.5 Å². The Kier molecular flexibility index (Phi) is 6.26. The zero-order chi connectivity index (χ0) is 23.5. The van der Waals surface area contributed by atoms with Crippen molar-refractivity contribution in [2.75, 3.05) is 18.5 Å². The molecule has 0 bridgehead atoms. The minimum Gasteiger partial charge on any atom is -0.507 e. The van der Waals surface area contributed by atoms with Crippen LogP contribution in [0.25, 0.3) is 0 Å². The summed E-state index contributed by atoms with van der Waals surface area (Å²) in [5.74, 6) is -2.40. The molecule has 3 aromatic carbocycles. The van der Waals surface area contributed by atoms with Crippen LogP contribution in [0.3, 0.4) is 0 Å². The minimum absolute atomic E-state index is 0.0919. The molecular weight excluding hydrogens is 430 g/mol. The Bertz CT molecular complexity index is 1210. The first-order chi connectivity index (χ1) is 15.8. The molecule has 0 atom stereocenters. The van der Waals surface area contributed by atoms with E-state index in [0.717, 1.165) is 29.0 Å². The van der Waals surface area contributed by atoms with E-state index in [0.29, 0.717) is 32.2 Å². The lowest BCUT2D eigenvalue weighted by molar-refractivity contribution is 0.0731. The number of halogens is 2. The van der Waals surface area contributed by atoms with Crippen molar-refractivity contribution < 1.29 is 28.2 Å². The normalized spacial score (nSPS) is 12.8. The maximum absolute atomic E-state index is 13.4. The van der Waals surface area contributed by atoms with E-state index in [1.807, 2.05) is 25.1 Å². The number of carbonyl (C=O) groups excluding carboxylic acids is 2. The van der Waals surface area contributed by atoms with Gasteiger partial charge in [0.2, 0.25) is 0 Å². The smallest absolute Gasteiger partial charge is 0.257 e. The first-order valence-corrected chi connectivity index (χ1v) is 10.5. The van der Waals surface area contributed by atoms with Crippen LogP contribution in [-0.2, 0) is 13.0 Å². The molecule has 0 fully saturated rings. The highest BCUT2D eigenvalue weighted by Gasteiger charge is 2.24. The lowest BCUT2D eigenvalue weighted by Gasteiger charge is -2.29. The first kappa shape index (κ1) is 22.3. The van der Waals surface area contributed by atoms with Gasteiger partial charge in [0.05, 0.1) is 12.2 Å². The quantitative estimate of drug-likeness (QED) is 0.597. The summed E-state index contributed by atoms with van der Waals surface area (Å²) in [5, 5.41) is 12.9. The number of fused-ring (bicyclic) bond motifs is 1. The third-order valence-electron chi connectivity index (χ3n) is 5.40. The van der Waals surface area contributed by atoms with Crippen molar-refractivity contribution in [3.63, 3.8) is 0 Å². The average molecular weight is 452 g/mol. The van der Waals surface area contributed by atoms with E-state index < -0.39 is 17.5 Å². The van der Waals surface area contributed by atoms with Gasteiger partial charge in [-0.1, -0.05) is 6.07 Å². The van der Waals surface area contributed by atoms with Gasteiger partial charge in [-0.05, 0) is 60.9 Å². The van der Waals surface area contributed by atoms with Crippen molar-refractivity contribution in [3.8, 4) is 11.5 Å². The van der Waals surface area contributed by atoms with Gasteiger partial charge in [-0.15, -0.1) is 0 Å². The van der Waals surface area contributed by atoms with E-state index >= 15 is 0 Å². The van der Waals surface area contributed by atoms with Crippen LogP contribution in [-0.4, -0.2) is 35.0 Å². The van der Waals surface area contributed by atoms with Crippen LogP contribution < -0.4 is 10.1 Å². The topological polar surface area (TPSA) is 78.9 Å². The summed E-state index contributed by atoms with van der Waals surface area (Å²) in [7, 11) is 0. The SMILES string of the molecule is CCOc1ccc2c(c1)CN(C(=O)c1ccc(NC(=O)c3cc(F)cc(F)c3)cc1O)CC2. The summed E-state index contributed by atoms with van der Waals surface area (Å²) < 4.78 is 32.2. The number of benzene rings is 3. The predicted molar refractivity (Wildman–Crippen MR) is 118 cm³/mol. The number of phenolic OH excluding ortho intramolecular Hbond substituents is 1. The Hall–Kier alpha value is -3.94. The van der Waals surface area contributed by atoms with Crippen LogP contribution in [0.4, 0.5) is 14.5 Å². The fourth-order valence-corrected chi connectivity index (χ4v) is 3.81. The molecule has 0 aromatic heterocycles. The molecule has 1 heterocycles. The number of hydrogen-bond donors (Lipinski definition) is 2. The highest BCUT2D eigenvalue weighted by atomic mass is 19.1. The number of nitrogens with one attached hydrogen (secondary N) is 1. The molecule has 0 unspecified atom stereocenters. The lowest BCUT2D eigenvalue weighted by Crippen LogP contribution is -2.36. The van der Waals surface area contributed by atoms with E-state index in [2.05, 4.69) is 5.32 Å². The molecule has 0 saturated heterocycles. The Labute approximate surface area is 189 Å². The molecule has 2 amide bonds. The standard InChI is InChI=1S/C25H22F2N2O4/c1-2-33-21-5-3-15-7-8-29(14-17(15)11-21)25(32)22-6-4-20(13-23(22)30)28-24(31)16-9-18(26)12-19(27)10-16/h3-6,9-13,30H,2,7-8,14H2,1H3,(H,28,31). The highest BCUT2D eigenvalue weighted by Crippen LogP contribution is 2.28. The fraction of sp³-hybridized carbons (Fsp3) is 0.200. The molecule has 1 aliphatic rings. The molecule has 0 aliphatic carbocycles. The molecule has 0 radical (unpaired) electrons. The number of carbonyl (C=O) groups is 2. The van der Waals surface area contributed by atoms with Gasteiger partial charge in [-0.3, -0.25) is 9.59 Å². The Morgan fingerprint density at radius 2 is 1.79 bits per heavy atom. The molecule has 6 nitrogen and oxygen atoms in total. The van der Waals surface area contributed by atoms with Crippen LogP contribution in [0, 0.1) is 11.6 Å². The summed E-state index contributed by atoms with van der Waals surface area (Å²) in [6.07, 6.45) is 0.687. The van der Waals surface area contributed by atoms with Crippen LogP contribution in [0.2, 0.25) is 0 Å². The average Bonchev–Trinajstić information content (AvgIpc) is 2.78. The van der Waals surface area contributed by atoms with Crippen LogP contribution in [0.1, 0.15) is 38.8 Å². The van der Waals surface area contributed by atoms with E-state index in [4.69, 9.17) is 4.74 Å². The lowest BCUT2D eigenvalue weighted by atomic mass is 9.98. The Balaban J connectivity index is 1.48. The van der Waals surface area contributed by atoms with Crippen molar-refractivity contribution >= 4 is 17.5 Å². The maximum Gasteiger partial charge on any atom is 0.257 e. The number of rotatable bonds is 5. The summed E-state index contributed by atoms with van der Waals surface area (Å²) >= 11 is 0. The van der Waals surface area contributed by atoms with Crippen molar-refractivity contribution in [1.29, 1.82) is 0 Å². The minimum atomic E-state index is -0.875. The number of aromatic hydroxyl groups is 1. The number of anilines is 1. The molecule has 4 rings (SSSR count). The molecular formula is C25H22F2N2O4. The van der Waals surface area contributed by atoms with Crippen molar-refractivity contribution in [1.82, 2.24) is 4.90 Å². The third kappa shape index (κ3) is 4.95. The van der Waals surface area contributed by atoms with E-state index in [9.17, 15) is 23.5 Å². The molecule has 0 saturated carbocycles. The monoisotopic (exact) mass is 452 g/mol. The highest BCUT2D eigenvalue weighted by molar-refractivity contribution is 6.05. The molecule has 3 aromatic rings. The number of ether oxygens (including phenoxy) is 1. The summed E-state index contributed by atoms with van der Waals surface area (Å²) in [6, 6.07) is 12.4.